The summed E-state index contributed by atoms with van der Waals surface area (Å²) in [4.78, 5) is 13.6. The Morgan fingerprint density at radius 1 is 0.795 bits per heavy atom. The topological polar surface area (TPSA) is 290 Å². The third kappa shape index (κ3) is 5.68. The number of aliphatic hydroxyl groups excluding tert-OH is 6. The number of phenols is 5. The number of aliphatic hydroxyl groups is 6. The van der Waals surface area contributed by atoms with Crippen LogP contribution in [0.1, 0.15) is 6.42 Å². The molecule has 1 aromatic heterocycles. The molecule has 0 bridgehead atoms. The predicted octanol–water partition coefficient (Wildman–Crippen LogP) is -1.98. The number of aromatic hydroxyl groups is 5. The molecule has 2 saturated heterocycles. The summed E-state index contributed by atoms with van der Waals surface area (Å²) in [5.74, 6) is -5.14. The monoisotopic (exact) mass is 626 g/mol. The number of phenolic OH excluding ortho intramolecular Hbond substituents is 5. The molecule has 2 aliphatic heterocycles. The van der Waals surface area contributed by atoms with Gasteiger partial charge in [-0.1, -0.05) is 0 Å². The summed E-state index contributed by atoms with van der Waals surface area (Å²) in [5.41, 5.74) is -1.73. The van der Waals surface area contributed by atoms with Crippen molar-refractivity contribution in [2.45, 2.75) is 61.7 Å². The molecule has 11 N–H and O–H groups in total. The molecule has 0 unspecified atom stereocenters. The summed E-state index contributed by atoms with van der Waals surface area (Å²) in [6.07, 6.45) is -14.7. The van der Waals surface area contributed by atoms with E-state index < -0.39 is 120 Å². The van der Waals surface area contributed by atoms with E-state index >= 15 is 0 Å². The van der Waals surface area contributed by atoms with Gasteiger partial charge < -0.3 is 79.5 Å². The summed E-state index contributed by atoms with van der Waals surface area (Å²) < 4.78 is 27.9. The molecule has 0 amide bonds. The quantitative estimate of drug-likeness (QED) is 0.127. The second-order valence-corrected chi connectivity index (χ2v) is 10.3. The van der Waals surface area contributed by atoms with Gasteiger partial charge in [0.05, 0.1) is 25.4 Å². The standard InChI is InChI=1S/C27H30O17/c28-6-10-5-14(34)19(36)26(40-10)43-24-16(7-29)42-27(22(39)21(24)38)44-25-20(37)17-11(31)3-9(30)4-15(17)41-23(25)8-1-12(32)18(35)13(33)2-8/h1-4,10,14,16,19,21-22,24,26-36,38-39H,5-7H2/t10-,14-,16+,19+,21+,22+,24-,26-,27-/m0/s1. The Kier molecular flexibility index (Phi) is 8.76. The van der Waals surface area contributed by atoms with Crippen LogP contribution in [0, 0.1) is 0 Å². The Bertz CT molecular complexity index is 1550. The van der Waals surface area contributed by atoms with Gasteiger partial charge >= 0.3 is 0 Å². The molecule has 0 aliphatic carbocycles. The van der Waals surface area contributed by atoms with Crippen molar-refractivity contribution in [2.75, 3.05) is 13.2 Å². The van der Waals surface area contributed by atoms with Crippen molar-refractivity contribution in [2.24, 2.45) is 0 Å². The van der Waals surface area contributed by atoms with Gasteiger partial charge in [-0.15, -0.1) is 0 Å². The van der Waals surface area contributed by atoms with Crippen molar-refractivity contribution in [1.29, 1.82) is 0 Å². The number of benzene rings is 2. The smallest absolute Gasteiger partial charge is 0.239 e. The van der Waals surface area contributed by atoms with Crippen LogP contribution in [0.4, 0.5) is 0 Å². The number of fused-ring (bicyclic) bond motifs is 1. The molecule has 0 spiro atoms. The van der Waals surface area contributed by atoms with Crippen LogP contribution in [-0.4, -0.2) is 125 Å². The van der Waals surface area contributed by atoms with Crippen LogP contribution in [-0.2, 0) is 14.2 Å². The first-order chi connectivity index (χ1) is 20.8. The summed E-state index contributed by atoms with van der Waals surface area (Å²) >= 11 is 0. The van der Waals surface area contributed by atoms with Gasteiger partial charge in [-0.05, 0) is 12.1 Å². The fraction of sp³-hybridized carbons (Fsp3) is 0.444. The molecule has 3 aromatic rings. The fourth-order valence-corrected chi connectivity index (χ4v) is 5.04. The molecule has 2 aromatic carbocycles. The number of hydrogen-bond acceptors (Lipinski definition) is 17. The maximum atomic E-state index is 13.6. The highest BCUT2D eigenvalue weighted by Crippen LogP contribution is 2.43. The number of ether oxygens (including phenoxy) is 4. The summed E-state index contributed by atoms with van der Waals surface area (Å²) in [5, 5.41) is 111. The molecule has 0 saturated carbocycles. The van der Waals surface area contributed by atoms with Crippen LogP contribution in [0.2, 0.25) is 0 Å². The van der Waals surface area contributed by atoms with Gasteiger partial charge in [-0.2, -0.15) is 0 Å². The molecule has 9 atom stereocenters. The molecular formula is C27H30O17. The minimum absolute atomic E-state index is 0.119. The highest BCUT2D eigenvalue weighted by Gasteiger charge is 2.50. The van der Waals surface area contributed by atoms with E-state index in [0.717, 1.165) is 24.3 Å². The van der Waals surface area contributed by atoms with E-state index in [1.54, 1.807) is 0 Å². The molecule has 240 valence electrons. The third-order valence-electron chi connectivity index (χ3n) is 7.30. The van der Waals surface area contributed by atoms with Crippen LogP contribution >= 0.6 is 0 Å². The molecule has 2 fully saturated rings. The largest absolute Gasteiger partial charge is 0.508 e. The minimum atomic E-state index is -2.04. The lowest BCUT2D eigenvalue weighted by atomic mass is 9.98. The van der Waals surface area contributed by atoms with E-state index in [0.29, 0.717) is 0 Å². The van der Waals surface area contributed by atoms with Crippen LogP contribution < -0.4 is 10.2 Å². The molecule has 17 heteroatoms. The van der Waals surface area contributed by atoms with E-state index in [9.17, 15) is 61.0 Å². The zero-order valence-corrected chi connectivity index (χ0v) is 22.5. The first-order valence-electron chi connectivity index (χ1n) is 13.2. The fourth-order valence-electron chi connectivity index (χ4n) is 5.04. The van der Waals surface area contributed by atoms with Crippen LogP contribution in [0.5, 0.6) is 34.5 Å². The second kappa shape index (κ2) is 12.2. The first-order valence-corrected chi connectivity index (χ1v) is 13.2. The van der Waals surface area contributed by atoms with Gasteiger partial charge in [0.2, 0.25) is 17.5 Å². The molecule has 0 radical (unpaired) electrons. The highest BCUT2D eigenvalue weighted by molar-refractivity contribution is 5.88. The minimum Gasteiger partial charge on any atom is -0.508 e. The van der Waals surface area contributed by atoms with Crippen molar-refractivity contribution in [3.8, 4) is 45.8 Å². The predicted molar refractivity (Wildman–Crippen MR) is 142 cm³/mol. The van der Waals surface area contributed by atoms with Gasteiger partial charge in [0.25, 0.3) is 0 Å². The molecule has 2 aliphatic rings. The van der Waals surface area contributed by atoms with Gasteiger partial charge in [-0.3, -0.25) is 4.79 Å². The van der Waals surface area contributed by atoms with E-state index in [-0.39, 0.29) is 17.6 Å². The SMILES string of the molecule is O=c1c(O[C@@H]2O[C@H](CO)[C@H](O[C@@H]3O[C@H](CO)C[C@H](O)[C@H]3O)[C@H](O)[C@H]2O)c(-c2cc(O)c(O)c(O)c2)oc2cc(O)cc(O)c12. The maximum Gasteiger partial charge on any atom is 0.239 e. The average molecular weight is 627 g/mol. The van der Waals surface area contributed by atoms with Crippen molar-refractivity contribution in [3.05, 3.63) is 34.5 Å². The highest BCUT2D eigenvalue weighted by atomic mass is 16.7. The molecule has 44 heavy (non-hydrogen) atoms. The maximum absolute atomic E-state index is 13.6. The Hall–Kier alpha value is -3.91. The number of rotatable bonds is 7. The second-order valence-electron chi connectivity index (χ2n) is 10.3. The van der Waals surface area contributed by atoms with Crippen molar-refractivity contribution in [3.63, 3.8) is 0 Å². The third-order valence-corrected chi connectivity index (χ3v) is 7.30. The Balaban J connectivity index is 1.52. The number of hydrogen-bond donors (Lipinski definition) is 11. The van der Waals surface area contributed by atoms with Crippen LogP contribution in [0.25, 0.3) is 22.3 Å². The van der Waals surface area contributed by atoms with Gasteiger partial charge in [0.15, 0.2) is 29.3 Å². The van der Waals surface area contributed by atoms with Crippen molar-refractivity contribution >= 4 is 11.0 Å². The Labute approximate surface area is 246 Å². The lowest BCUT2D eigenvalue weighted by molar-refractivity contribution is -0.341. The summed E-state index contributed by atoms with van der Waals surface area (Å²) in [6, 6.07) is 3.57. The van der Waals surface area contributed by atoms with Crippen LogP contribution in [0.3, 0.4) is 0 Å². The molecule has 5 rings (SSSR count). The molecule has 3 heterocycles. The van der Waals surface area contributed by atoms with E-state index in [4.69, 9.17) is 23.4 Å². The Morgan fingerprint density at radius 3 is 2.11 bits per heavy atom. The average Bonchev–Trinajstić information content (AvgIpc) is 2.97. The van der Waals surface area contributed by atoms with Crippen molar-refractivity contribution in [1.82, 2.24) is 0 Å². The van der Waals surface area contributed by atoms with E-state index in [2.05, 4.69) is 0 Å². The van der Waals surface area contributed by atoms with Crippen LogP contribution in [0.15, 0.2) is 33.5 Å². The van der Waals surface area contributed by atoms with E-state index in [1.165, 1.54) is 0 Å². The van der Waals surface area contributed by atoms with Gasteiger partial charge in [0.1, 0.15) is 53.0 Å². The normalized spacial score (nSPS) is 30.8. The lowest BCUT2D eigenvalue weighted by Gasteiger charge is -2.44. The zero-order valence-electron chi connectivity index (χ0n) is 22.5. The van der Waals surface area contributed by atoms with Crippen molar-refractivity contribution < 1.29 is 79.5 Å². The summed E-state index contributed by atoms with van der Waals surface area (Å²) in [6.45, 7) is -1.40. The Morgan fingerprint density at radius 2 is 1.48 bits per heavy atom. The summed E-state index contributed by atoms with van der Waals surface area (Å²) in [7, 11) is 0. The molecule has 17 nitrogen and oxygen atoms in total. The zero-order chi connectivity index (χ0) is 32.0. The van der Waals surface area contributed by atoms with Gasteiger partial charge in [-0.25, -0.2) is 0 Å². The first kappa shape index (κ1) is 31.5. The lowest BCUT2D eigenvalue weighted by Crippen LogP contribution is -2.63. The van der Waals surface area contributed by atoms with Gasteiger partial charge in [0, 0.05) is 24.1 Å². The molecular weight excluding hydrogens is 596 g/mol. The van der Waals surface area contributed by atoms with E-state index in [1.807, 2.05) is 0 Å².